The third-order valence-electron chi connectivity index (χ3n) is 4.46. The van der Waals surface area contributed by atoms with E-state index in [1.807, 2.05) is 0 Å². The van der Waals surface area contributed by atoms with E-state index >= 15 is 0 Å². The van der Waals surface area contributed by atoms with E-state index in [-0.39, 0.29) is 13.0 Å². The second-order valence-electron chi connectivity index (χ2n) is 8.12. The number of ether oxygens (including phenoxy) is 3. The quantitative estimate of drug-likeness (QED) is 0.742. The highest BCUT2D eigenvalue weighted by atomic mass is 19.1. The van der Waals surface area contributed by atoms with Gasteiger partial charge >= 0.3 is 12.1 Å². The lowest BCUT2D eigenvalue weighted by molar-refractivity contribution is -0.141. The molecule has 0 spiro atoms. The van der Waals surface area contributed by atoms with Crippen LogP contribution >= 0.6 is 0 Å². The van der Waals surface area contributed by atoms with Crippen molar-refractivity contribution in [2.24, 2.45) is 0 Å². The second kappa shape index (κ2) is 7.84. The van der Waals surface area contributed by atoms with E-state index in [0.717, 1.165) is 0 Å². The zero-order valence-corrected chi connectivity index (χ0v) is 16.7. The molecule has 7 heteroatoms. The number of hydrogen-bond donors (Lipinski definition) is 0. The lowest BCUT2D eigenvalue weighted by atomic mass is 9.88. The van der Waals surface area contributed by atoms with Crippen LogP contribution in [0.2, 0.25) is 0 Å². The highest BCUT2D eigenvalue weighted by molar-refractivity contribution is 5.72. The smallest absolute Gasteiger partial charge is 0.412 e. The molecule has 2 atom stereocenters. The van der Waals surface area contributed by atoms with Crippen molar-refractivity contribution in [1.82, 2.24) is 4.90 Å². The monoisotopic (exact) mass is 381 g/mol. The van der Waals surface area contributed by atoms with E-state index in [1.54, 1.807) is 46.8 Å². The van der Waals surface area contributed by atoms with Gasteiger partial charge in [-0.3, -0.25) is 9.69 Å². The van der Waals surface area contributed by atoms with Crippen LogP contribution in [0.1, 0.15) is 52.5 Å². The summed E-state index contributed by atoms with van der Waals surface area (Å²) in [6.07, 6.45) is -0.551. The Morgan fingerprint density at radius 3 is 2.59 bits per heavy atom. The number of halogens is 1. The molecule has 2 rings (SSSR count). The van der Waals surface area contributed by atoms with Gasteiger partial charge in [-0.05, 0) is 52.3 Å². The Bertz CT molecular complexity index is 698. The molecule has 1 heterocycles. The fourth-order valence-electron chi connectivity index (χ4n) is 3.27. The van der Waals surface area contributed by atoms with Gasteiger partial charge in [0, 0.05) is 5.92 Å². The molecule has 0 aromatic heterocycles. The molecular formula is C20H28FNO5. The maximum absolute atomic E-state index is 13.8. The molecule has 0 aliphatic carbocycles. The normalized spacial score (nSPS) is 20.3. The summed E-state index contributed by atoms with van der Waals surface area (Å²) in [5.74, 6) is -1.36. The highest BCUT2D eigenvalue weighted by Gasteiger charge is 2.49. The predicted molar refractivity (Wildman–Crippen MR) is 97.7 cm³/mol. The molecule has 1 aliphatic heterocycles. The highest BCUT2D eigenvalue weighted by Crippen LogP contribution is 2.38. The first-order valence-electron chi connectivity index (χ1n) is 8.93. The standard InChI is InChI=1S/C20H28FNO5/c1-19(2,3)27-18(24)22-16(12-26-20(22,4)5)15(11-17(23)25-6)13-8-7-9-14(21)10-13/h7-10,15-16H,11-12H2,1-6H3/t15-,16+/m1/s1. The second-order valence-corrected chi connectivity index (χ2v) is 8.12. The van der Waals surface area contributed by atoms with Crippen molar-refractivity contribution in [3.63, 3.8) is 0 Å². The van der Waals surface area contributed by atoms with Crippen molar-refractivity contribution in [2.75, 3.05) is 13.7 Å². The van der Waals surface area contributed by atoms with Crippen LogP contribution in [0.4, 0.5) is 9.18 Å². The fourth-order valence-corrected chi connectivity index (χ4v) is 3.27. The van der Waals surface area contributed by atoms with E-state index in [9.17, 15) is 14.0 Å². The molecule has 1 aromatic rings. The number of rotatable bonds is 4. The van der Waals surface area contributed by atoms with Crippen molar-refractivity contribution in [3.05, 3.63) is 35.6 Å². The summed E-state index contributed by atoms with van der Waals surface area (Å²) in [7, 11) is 1.30. The van der Waals surface area contributed by atoms with E-state index in [1.165, 1.54) is 24.1 Å². The Morgan fingerprint density at radius 2 is 2.04 bits per heavy atom. The molecule has 0 N–H and O–H groups in total. The Balaban J connectivity index is 2.42. The SMILES string of the molecule is COC(=O)C[C@H](c1cccc(F)c1)[C@@H]1COC(C)(C)N1C(=O)OC(C)(C)C. The summed E-state index contributed by atoms with van der Waals surface area (Å²) < 4.78 is 30.0. The molecule has 1 aromatic carbocycles. The van der Waals surface area contributed by atoms with Crippen LogP contribution < -0.4 is 0 Å². The van der Waals surface area contributed by atoms with Gasteiger partial charge in [-0.15, -0.1) is 0 Å². The largest absolute Gasteiger partial charge is 0.469 e. The van der Waals surface area contributed by atoms with Gasteiger partial charge in [-0.1, -0.05) is 12.1 Å². The van der Waals surface area contributed by atoms with Crippen LogP contribution in [-0.2, 0) is 19.0 Å². The first-order valence-corrected chi connectivity index (χ1v) is 8.93. The molecule has 0 unspecified atom stereocenters. The van der Waals surface area contributed by atoms with Crippen molar-refractivity contribution in [1.29, 1.82) is 0 Å². The summed E-state index contributed by atoms with van der Waals surface area (Å²) in [4.78, 5) is 26.4. The zero-order valence-electron chi connectivity index (χ0n) is 16.7. The third kappa shape index (κ3) is 5.19. The van der Waals surface area contributed by atoms with E-state index in [2.05, 4.69) is 0 Å². The lowest BCUT2D eigenvalue weighted by Crippen LogP contribution is -2.51. The topological polar surface area (TPSA) is 65.1 Å². The van der Waals surface area contributed by atoms with Gasteiger partial charge in [0.1, 0.15) is 17.1 Å². The van der Waals surface area contributed by atoms with Crippen LogP contribution in [0, 0.1) is 5.82 Å². The number of esters is 1. The summed E-state index contributed by atoms with van der Waals surface area (Å²) in [6, 6.07) is 5.50. The van der Waals surface area contributed by atoms with Crippen LogP contribution in [-0.4, -0.2) is 48.0 Å². The molecule has 0 radical (unpaired) electrons. The Morgan fingerprint density at radius 1 is 1.37 bits per heavy atom. The van der Waals surface area contributed by atoms with E-state index in [4.69, 9.17) is 14.2 Å². The summed E-state index contributed by atoms with van der Waals surface area (Å²) >= 11 is 0. The van der Waals surface area contributed by atoms with Gasteiger partial charge in [0.15, 0.2) is 0 Å². The molecule has 1 amide bonds. The zero-order chi connectivity index (χ0) is 20.4. The van der Waals surface area contributed by atoms with Crippen molar-refractivity contribution < 1.29 is 28.2 Å². The van der Waals surface area contributed by atoms with Crippen LogP contribution in [0.25, 0.3) is 0 Å². The van der Waals surface area contributed by atoms with Gasteiger partial charge in [-0.25, -0.2) is 9.18 Å². The van der Waals surface area contributed by atoms with Gasteiger partial charge in [-0.2, -0.15) is 0 Å². The van der Waals surface area contributed by atoms with Gasteiger partial charge in [0.2, 0.25) is 0 Å². The fraction of sp³-hybridized carbons (Fsp3) is 0.600. The summed E-state index contributed by atoms with van der Waals surface area (Å²) in [5, 5.41) is 0. The molecular weight excluding hydrogens is 353 g/mol. The van der Waals surface area contributed by atoms with Gasteiger partial charge in [0.05, 0.1) is 26.2 Å². The molecule has 1 fully saturated rings. The van der Waals surface area contributed by atoms with Crippen LogP contribution in [0.15, 0.2) is 24.3 Å². The molecule has 27 heavy (non-hydrogen) atoms. The molecule has 0 bridgehead atoms. The van der Waals surface area contributed by atoms with Crippen LogP contribution in [0.3, 0.4) is 0 Å². The van der Waals surface area contributed by atoms with E-state index < -0.39 is 41.2 Å². The van der Waals surface area contributed by atoms with Gasteiger partial charge < -0.3 is 14.2 Å². The molecule has 1 aliphatic rings. The summed E-state index contributed by atoms with van der Waals surface area (Å²) in [5.41, 5.74) is -1.01. The summed E-state index contributed by atoms with van der Waals surface area (Å²) in [6.45, 7) is 9.06. The van der Waals surface area contributed by atoms with Crippen molar-refractivity contribution in [3.8, 4) is 0 Å². The minimum atomic E-state index is -0.922. The first kappa shape index (κ1) is 21.2. The Labute approximate surface area is 159 Å². The maximum atomic E-state index is 13.8. The van der Waals surface area contributed by atoms with Crippen LogP contribution in [0.5, 0.6) is 0 Å². The average molecular weight is 381 g/mol. The number of nitrogens with zero attached hydrogens (tertiary/aromatic N) is 1. The number of carbonyl (C=O) groups is 2. The average Bonchev–Trinajstić information content (AvgIpc) is 2.85. The minimum absolute atomic E-state index is 0.0106. The van der Waals surface area contributed by atoms with E-state index in [0.29, 0.717) is 5.56 Å². The predicted octanol–water partition coefficient (Wildman–Crippen LogP) is 3.84. The Hall–Kier alpha value is -2.15. The maximum Gasteiger partial charge on any atom is 0.412 e. The number of carbonyl (C=O) groups excluding carboxylic acids is 2. The van der Waals surface area contributed by atoms with Crippen molar-refractivity contribution >= 4 is 12.1 Å². The number of benzene rings is 1. The molecule has 150 valence electrons. The molecule has 6 nitrogen and oxygen atoms in total. The van der Waals surface area contributed by atoms with Crippen molar-refractivity contribution in [2.45, 2.75) is 64.3 Å². The first-order chi connectivity index (χ1) is 12.4. The lowest BCUT2D eigenvalue weighted by Gasteiger charge is -2.37. The van der Waals surface area contributed by atoms with Gasteiger partial charge in [0.25, 0.3) is 0 Å². The Kier molecular flexibility index (Phi) is 6.14. The number of amides is 1. The number of hydrogen-bond acceptors (Lipinski definition) is 5. The minimum Gasteiger partial charge on any atom is -0.469 e. The number of methoxy groups -OCH3 is 1. The third-order valence-corrected chi connectivity index (χ3v) is 4.46. The molecule has 0 saturated carbocycles. The molecule has 1 saturated heterocycles.